The molecule has 1 amide bonds. The predicted molar refractivity (Wildman–Crippen MR) is 105 cm³/mol. The molecule has 3 N–H and O–H groups in total. The van der Waals surface area contributed by atoms with Crippen LogP contribution >= 0.6 is 0 Å². The number of ether oxygens (including phenoxy) is 2. The first-order chi connectivity index (χ1) is 13.5. The second kappa shape index (κ2) is 8.08. The Bertz CT molecular complexity index is 1040. The van der Waals surface area contributed by atoms with Crippen LogP contribution in [0.25, 0.3) is 22.0 Å². The van der Waals surface area contributed by atoms with Crippen LogP contribution in [0.5, 0.6) is 11.5 Å². The van der Waals surface area contributed by atoms with Gasteiger partial charge in [0.25, 0.3) is 5.91 Å². The van der Waals surface area contributed by atoms with Crippen molar-refractivity contribution in [1.82, 2.24) is 15.5 Å². The molecule has 0 fully saturated rings. The van der Waals surface area contributed by atoms with Crippen molar-refractivity contribution in [3.8, 4) is 22.6 Å². The highest BCUT2D eigenvalue weighted by Gasteiger charge is 2.21. The lowest BCUT2D eigenvalue weighted by molar-refractivity contribution is 0.0949. The maximum Gasteiger partial charge on any atom is 0.273 e. The van der Waals surface area contributed by atoms with Crippen LogP contribution in [0.2, 0.25) is 0 Å². The Morgan fingerprint density at radius 3 is 2.64 bits per heavy atom. The van der Waals surface area contributed by atoms with Crippen LogP contribution in [0.15, 0.2) is 30.3 Å². The monoisotopic (exact) mass is 384 g/mol. The maximum absolute atomic E-state index is 14.8. The second-order valence-electron chi connectivity index (χ2n) is 6.10. The van der Waals surface area contributed by atoms with Crippen molar-refractivity contribution in [1.29, 1.82) is 0 Å². The molecular formula is C20H21FN4O3. The zero-order valence-corrected chi connectivity index (χ0v) is 15.9. The number of nitrogens with zero attached hydrogens (tertiary/aromatic N) is 2. The van der Waals surface area contributed by atoms with E-state index in [9.17, 15) is 9.18 Å². The van der Waals surface area contributed by atoms with Gasteiger partial charge in [-0.1, -0.05) is 6.92 Å². The molecule has 0 aliphatic rings. The Labute approximate surface area is 161 Å². The topological polar surface area (TPSA) is 99.4 Å². The summed E-state index contributed by atoms with van der Waals surface area (Å²) in [5.74, 6) is 0.0376. The van der Waals surface area contributed by atoms with E-state index >= 15 is 0 Å². The van der Waals surface area contributed by atoms with Crippen LogP contribution < -0.4 is 20.5 Å². The molecule has 3 aromatic rings. The number of carbonyl (C=O) groups excluding carboxylic acids is 1. The third-order valence-electron chi connectivity index (χ3n) is 4.35. The highest BCUT2D eigenvalue weighted by molar-refractivity contribution is 6.08. The van der Waals surface area contributed by atoms with E-state index in [1.807, 2.05) is 6.92 Å². The van der Waals surface area contributed by atoms with E-state index < -0.39 is 11.7 Å². The van der Waals surface area contributed by atoms with Gasteiger partial charge in [0.1, 0.15) is 22.8 Å². The number of carbonyl (C=O) groups is 1. The standard InChI is InChI=1S/C20H21FN4O3/c1-4-9-23-20(26)19-17(22)12-6-7-14(21)16(18(12)24-25-19)13-10-11(27-2)5-8-15(13)28-3/h5-8,10H,4,9H2,1-3H3,(H2,22,24)(H,23,26). The van der Waals surface area contributed by atoms with Gasteiger partial charge in [0.05, 0.1) is 19.9 Å². The van der Waals surface area contributed by atoms with Crippen LogP contribution in [-0.2, 0) is 0 Å². The highest BCUT2D eigenvalue weighted by Crippen LogP contribution is 2.39. The molecule has 2 aromatic carbocycles. The minimum atomic E-state index is -0.518. The number of nitrogens with one attached hydrogen (secondary N) is 1. The van der Waals surface area contributed by atoms with Crippen molar-refractivity contribution in [3.63, 3.8) is 0 Å². The van der Waals surface area contributed by atoms with Gasteiger partial charge in [-0.3, -0.25) is 4.79 Å². The highest BCUT2D eigenvalue weighted by atomic mass is 19.1. The van der Waals surface area contributed by atoms with E-state index in [4.69, 9.17) is 15.2 Å². The fraction of sp³-hybridized carbons (Fsp3) is 0.250. The number of amides is 1. The van der Waals surface area contributed by atoms with Gasteiger partial charge in [-0.2, -0.15) is 0 Å². The van der Waals surface area contributed by atoms with E-state index in [2.05, 4.69) is 15.5 Å². The molecule has 7 nitrogen and oxygen atoms in total. The molecule has 146 valence electrons. The number of nitrogen functional groups attached to an aromatic ring is 1. The summed E-state index contributed by atoms with van der Waals surface area (Å²) in [4.78, 5) is 12.3. The van der Waals surface area contributed by atoms with Gasteiger partial charge in [0.2, 0.25) is 0 Å². The average Bonchev–Trinajstić information content (AvgIpc) is 2.71. The molecule has 0 aliphatic heterocycles. The summed E-state index contributed by atoms with van der Waals surface area (Å²) in [5.41, 5.74) is 7.18. The van der Waals surface area contributed by atoms with Crippen molar-refractivity contribution < 1.29 is 18.7 Å². The number of aromatic nitrogens is 2. The lowest BCUT2D eigenvalue weighted by Crippen LogP contribution is -2.26. The molecule has 0 aliphatic carbocycles. The molecule has 28 heavy (non-hydrogen) atoms. The van der Waals surface area contributed by atoms with Crippen LogP contribution in [0.3, 0.4) is 0 Å². The summed E-state index contributed by atoms with van der Waals surface area (Å²) in [6.07, 6.45) is 0.775. The molecule has 1 heterocycles. The SMILES string of the molecule is CCCNC(=O)c1nnc2c(-c3cc(OC)ccc3OC)c(F)ccc2c1N. The molecule has 0 bridgehead atoms. The molecule has 3 rings (SSSR count). The molecule has 0 saturated heterocycles. The molecule has 0 saturated carbocycles. The molecule has 0 unspecified atom stereocenters. The van der Waals surface area contributed by atoms with E-state index in [0.29, 0.717) is 29.0 Å². The van der Waals surface area contributed by atoms with E-state index in [1.165, 1.54) is 26.4 Å². The Kier molecular flexibility index (Phi) is 5.58. The van der Waals surface area contributed by atoms with Crippen molar-refractivity contribution in [2.24, 2.45) is 0 Å². The number of fused-ring (bicyclic) bond motifs is 1. The minimum absolute atomic E-state index is 0.0103. The summed E-state index contributed by atoms with van der Waals surface area (Å²) < 4.78 is 25.5. The number of benzene rings is 2. The summed E-state index contributed by atoms with van der Waals surface area (Å²) >= 11 is 0. The summed E-state index contributed by atoms with van der Waals surface area (Å²) in [7, 11) is 3.01. The van der Waals surface area contributed by atoms with E-state index in [-0.39, 0.29) is 22.5 Å². The zero-order chi connectivity index (χ0) is 20.3. The average molecular weight is 384 g/mol. The predicted octanol–water partition coefficient (Wildman–Crippen LogP) is 3.18. The number of halogens is 1. The summed E-state index contributed by atoms with van der Waals surface area (Å²) in [6, 6.07) is 7.80. The fourth-order valence-corrected chi connectivity index (χ4v) is 2.92. The van der Waals surface area contributed by atoms with Gasteiger partial charge in [0.15, 0.2) is 5.69 Å². The fourth-order valence-electron chi connectivity index (χ4n) is 2.92. The smallest absolute Gasteiger partial charge is 0.273 e. The number of methoxy groups -OCH3 is 2. The largest absolute Gasteiger partial charge is 0.497 e. The molecular weight excluding hydrogens is 363 g/mol. The zero-order valence-electron chi connectivity index (χ0n) is 15.9. The normalized spacial score (nSPS) is 10.7. The third kappa shape index (κ3) is 3.40. The number of rotatable bonds is 6. The molecule has 0 radical (unpaired) electrons. The van der Waals surface area contributed by atoms with Gasteiger partial charge in [-0.05, 0) is 36.8 Å². The van der Waals surface area contributed by atoms with Crippen molar-refractivity contribution >= 4 is 22.5 Å². The van der Waals surface area contributed by atoms with E-state index in [1.54, 1.807) is 18.2 Å². The molecule has 8 heteroatoms. The second-order valence-corrected chi connectivity index (χ2v) is 6.10. The summed E-state index contributed by atoms with van der Waals surface area (Å²) in [5, 5.41) is 11.2. The lowest BCUT2D eigenvalue weighted by Gasteiger charge is -2.14. The first-order valence-electron chi connectivity index (χ1n) is 8.76. The van der Waals surface area contributed by atoms with Gasteiger partial charge in [-0.25, -0.2) is 4.39 Å². The van der Waals surface area contributed by atoms with Gasteiger partial charge >= 0.3 is 0 Å². The van der Waals surface area contributed by atoms with Gasteiger partial charge < -0.3 is 20.5 Å². The van der Waals surface area contributed by atoms with Gasteiger partial charge in [-0.15, -0.1) is 10.2 Å². The van der Waals surface area contributed by atoms with E-state index in [0.717, 1.165) is 6.42 Å². The Hall–Kier alpha value is -3.42. The first-order valence-corrected chi connectivity index (χ1v) is 8.76. The van der Waals surface area contributed by atoms with Crippen molar-refractivity contribution in [2.45, 2.75) is 13.3 Å². The number of anilines is 1. The molecule has 0 spiro atoms. The number of nitrogens with two attached hydrogens (primary N) is 1. The van der Waals surface area contributed by atoms with Crippen LogP contribution in [0.4, 0.5) is 10.1 Å². The minimum Gasteiger partial charge on any atom is -0.497 e. The summed E-state index contributed by atoms with van der Waals surface area (Å²) in [6.45, 7) is 2.43. The van der Waals surface area contributed by atoms with Crippen molar-refractivity contribution in [3.05, 3.63) is 41.8 Å². The quantitative estimate of drug-likeness (QED) is 0.677. The third-order valence-corrected chi connectivity index (χ3v) is 4.35. The van der Waals surface area contributed by atoms with Crippen LogP contribution in [0.1, 0.15) is 23.8 Å². The van der Waals surface area contributed by atoms with Crippen LogP contribution in [-0.4, -0.2) is 36.9 Å². The molecule has 1 aromatic heterocycles. The van der Waals surface area contributed by atoms with Gasteiger partial charge in [0, 0.05) is 23.1 Å². The van der Waals surface area contributed by atoms with Crippen molar-refractivity contribution in [2.75, 3.05) is 26.5 Å². The Morgan fingerprint density at radius 1 is 1.18 bits per heavy atom. The number of hydrogen-bond donors (Lipinski definition) is 2. The van der Waals surface area contributed by atoms with Crippen LogP contribution in [0, 0.1) is 5.82 Å². The number of hydrogen-bond acceptors (Lipinski definition) is 6. The maximum atomic E-state index is 14.8. The lowest BCUT2D eigenvalue weighted by atomic mass is 9.99. The Morgan fingerprint density at radius 2 is 1.96 bits per heavy atom. The molecule has 0 atom stereocenters. The first kappa shape index (κ1) is 19.3. The Balaban J connectivity index is 2.24.